The molecule has 0 amide bonds. The van der Waals surface area contributed by atoms with Gasteiger partial charge in [-0.25, -0.2) is 4.79 Å². The molecule has 0 aliphatic heterocycles. The summed E-state index contributed by atoms with van der Waals surface area (Å²) in [6.45, 7) is 0. The lowest BCUT2D eigenvalue weighted by atomic mass is 9.98. The van der Waals surface area contributed by atoms with Crippen molar-refractivity contribution in [3.05, 3.63) is 29.3 Å². The summed E-state index contributed by atoms with van der Waals surface area (Å²) < 4.78 is 4.55. The van der Waals surface area contributed by atoms with Crippen molar-refractivity contribution in [2.75, 3.05) is 13.4 Å². The number of rotatable bonds is 6. The average molecular weight is 284 g/mol. The molecule has 0 spiro atoms. The van der Waals surface area contributed by atoms with E-state index in [0.717, 1.165) is 0 Å². The number of carbonyl (C=O) groups excluding carboxylic acids is 1. The molecule has 0 saturated heterocycles. The van der Waals surface area contributed by atoms with E-state index in [1.54, 1.807) is 24.5 Å². The molecule has 0 aliphatic carbocycles. The van der Waals surface area contributed by atoms with Gasteiger partial charge in [0.2, 0.25) is 0 Å². The van der Waals surface area contributed by atoms with Gasteiger partial charge in [-0.2, -0.15) is 0 Å². The van der Waals surface area contributed by atoms with Crippen LogP contribution in [0, 0.1) is 0 Å². The molecule has 1 rings (SSSR count). The number of aliphatic carboxylic acids is 1. The molecular weight excluding hydrogens is 268 g/mol. The van der Waals surface area contributed by atoms with Crippen LogP contribution in [-0.2, 0) is 20.7 Å². The lowest BCUT2D eigenvalue weighted by Crippen LogP contribution is -2.14. The van der Waals surface area contributed by atoms with Gasteiger partial charge < -0.3 is 14.9 Å². The monoisotopic (exact) mass is 284 g/mol. The molecule has 0 fully saturated rings. The number of benzene rings is 1. The van der Waals surface area contributed by atoms with E-state index < -0.39 is 12.1 Å². The average Bonchev–Trinajstić information content (AvgIpc) is 2.43. The van der Waals surface area contributed by atoms with Gasteiger partial charge in [0.05, 0.1) is 7.11 Å². The maximum absolute atomic E-state index is 11.1. The fourth-order valence-corrected chi connectivity index (χ4v) is 2.44. The molecule has 0 heterocycles. The first-order valence-corrected chi connectivity index (χ1v) is 6.87. The van der Waals surface area contributed by atoms with Crippen LogP contribution in [-0.4, -0.2) is 35.5 Å². The SMILES string of the molecule is COC(=O)CCc1cccc(SC)c1C(O)C(=O)O. The maximum Gasteiger partial charge on any atom is 0.337 e. The van der Waals surface area contributed by atoms with Crippen LogP contribution >= 0.6 is 11.8 Å². The minimum Gasteiger partial charge on any atom is -0.479 e. The van der Waals surface area contributed by atoms with Gasteiger partial charge in [0.25, 0.3) is 0 Å². The van der Waals surface area contributed by atoms with Crippen molar-refractivity contribution in [1.29, 1.82) is 0 Å². The van der Waals surface area contributed by atoms with Crippen LogP contribution in [0.2, 0.25) is 0 Å². The van der Waals surface area contributed by atoms with Crippen LogP contribution < -0.4 is 0 Å². The molecule has 1 aromatic carbocycles. The van der Waals surface area contributed by atoms with Gasteiger partial charge >= 0.3 is 11.9 Å². The third-order valence-electron chi connectivity index (χ3n) is 2.71. The second-order valence-electron chi connectivity index (χ2n) is 3.85. The highest BCUT2D eigenvalue weighted by Crippen LogP contribution is 2.30. The van der Waals surface area contributed by atoms with E-state index in [1.807, 2.05) is 0 Å². The fourth-order valence-electron chi connectivity index (χ4n) is 1.76. The predicted molar refractivity (Wildman–Crippen MR) is 71.2 cm³/mol. The summed E-state index contributed by atoms with van der Waals surface area (Å²) in [5.74, 6) is -1.67. The number of thioether (sulfide) groups is 1. The van der Waals surface area contributed by atoms with Crippen molar-refractivity contribution in [3.8, 4) is 0 Å². The zero-order valence-electron chi connectivity index (χ0n) is 10.8. The Morgan fingerprint density at radius 3 is 2.63 bits per heavy atom. The molecular formula is C13H16O5S. The van der Waals surface area contributed by atoms with E-state index in [-0.39, 0.29) is 12.4 Å². The summed E-state index contributed by atoms with van der Waals surface area (Å²) in [4.78, 5) is 22.8. The zero-order chi connectivity index (χ0) is 14.4. The van der Waals surface area contributed by atoms with Crippen molar-refractivity contribution in [2.24, 2.45) is 0 Å². The van der Waals surface area contributed by atoms with E-state index in [9.17, 15) is 14.7 Å². The molecule has 0 bridgehead atoms. The molecule has 104 valence electrons. The summed E-state index contributed by atoms with van der Waals surface area (Å²) in [7, 11) is 1.30. The molecule has 0 radical (unpaired) electrons. The Balaban J connectivity index is 3.08. The Morgan fingerprint density at radius 1 is 1.42 bits per heavy atom. The number of carboxylic acid groups (broad SMARTS) is 1. The summed E-state index contributed by atoms with van der Waals surface area (Å²) in [5.41, 5.74) is 0.999. The highest BCUT2D eigenvalue weighted by Gasteiger charge is 2.23. The molecule has 19 heavy (non-hydrogen) atoms. The van der Waals surface area contributed by atoms with Crippen molar-refractivity contribution >= 4 is 23.7 Å². The molecule has 0 aromatic heterocycles. The van der Waals surface area contributed by atoms with Gasteiger partial charge in [0.15, 0.2) is 6.10 Å². The van der Waals surface area contributed by atoms with Crippen molar-refractivity contribution in [1.82, 2.24) is 0 Å². The quantitative estimate of drug-likeness (QED) is 0.610. The van der Waals surface area contributed by atoms with Gasteiger partial charge in [0, 0.05) is 16.9 Å². The molecule has 5 nitrogen and oxygen atoms in total. The van der Waals surface area contributed by atoms with E-state index in [2.05, 4.69) is 4.74 Å². The largest absolute Gasteiger partial charge is 0.479 e. The minimum absolute atomic E-state index is 0.147. The molecule has 1 atom stereocenters. The predicted octanol–water partition coefficient (Wildman–Crippen LogP) is 1.63. The highest BCUT2D eigenvalue weighted by atomic mass is 32.2. The number of aliphatic hydroxyl groups excluding tert-OH is 1. The second-order valence-corrected chi connectivity index (χ2v) is 4.70. The van der Waals surface area contributed by atoms with Crippen LogP contribution in [0.15, 0.2) is 23.1 Å². The van der Waals surface area contributed by atoms with Crippen molar-refractivity contribution in [3.63, 3.8) is 0 Å². The normalized spacial score (nSPS) is 11.9. The Morgan fingerprint density at radius 2 is 2.11 bits per heavy atom. The van der Waals surface area contributed by atoms with Crippen LogP contribution in [0.4, 0.5) is 0 Å². The number of hydrogen-bond acceptors (Lipinski definition) is 5. The summed E-state index contributed by atoms with van der Waals surface area (Å²) in [5, 5.41) is 18.7. The Kier molecular flexibility index (Phi) is 5.85. The topological polar surface area (TPSA) is 83.8 Å². The molecule has 1 unspecified atom stereocenters. The third kappa shape index (κ3) is 3.97. The van der Waals surface area contributed by atoms with Crippen LogP contribution in [0.5, 0.6) is 0 Å². The Bertz CT molecular complexity index is 472. The lowest BCUT2D eigenvalue weighted by Gasteiger charge is -2.15. The van der Waals surface area contributed by atoms with Crippen molar-refractivity contribution < 1.29 is 24.5 Å². The number of carbonyl (C=O) groups is 2. The number of esters is 1. The van der Waals surface area contributed by atoms with Gasteiger partial charge in [-0.15, -0.1) is 11.8 Å². The van der Waals surface area contributed by atoms with Crippen molar-refractivity contribution in [2.45, 2.75) is 23.8 Å². The second kappa shape index (κ2) is 7.16. The molecule has 6 heteroatoms. The van der Waals surface area contributed by atoms with E-state index in [4.69, 9.17) is 5.11 Å². The first-order valence-electron chi connectivity index (χ1n) is 5.64. The number of carboxylic acids is 1. The Hall–Kier alpha value is -1.53. The molecule has 0 saturated carbocycles. The number of methoxy groups -OCH3 is 1. The zero-order valence-corrected chi connectivity index (χ0v) is 11.6. The summed E-state index contributed by atoms with van der Waals surface area (Å²) >= 11 is 1.36. The van der Waals surface area contributed by atoms with Crippen LogP contribution in [0.25, 0.3) is 0 Å². The first-order chi connectivity index (χ1) is 9.01. The third-order valence-corrected chi connectivity index (χ3v) is 3.51. The standard InChI is InChI=1S/C13H16O5S/c1-18-10(14)7-6-8-4-3-5-9(19-2)11(8)12(15)13(16)17/h3-5,12,15H,6-7H2,1-2H3,(H,16,17). The van der Waals surface area contributed by atoms with Crippen LogP contribution in [0.1, 0.15) is 23.7 Å². The molecule has 0 aliphatic rings. The summed E-state index contributed by atoms with van der Waals surface area (Å²) in [6.07, 6.45) is 0.697. The fraction of sp³-hybridized carbons (Fsp3) is 0.385. The van der Waals surface area contributed by atoms with Gasteiger partial charge in [0.1, 0.15) is 0 Å². The highest BCUT2D eigenvalue weighted by molar-refractivity contribution is 7.98. The number of aliphatic hydroxyl groups is 1. The lowest BCUT2D eigenvalue weighted by molar-refractivity contribution is -0.147. The van der Waals surface area contributed by atoms with Gasteiger partial charge in [-0.1, -0.05) is 12.1 Å². The van der Waals surface area contributed by atoms with E-state index in [0.29, 0.717) is 22.4 Å². The van der Waals surface area contributed by atoms with E-state index in [1.165, 1.54) is 18.9 Å². The van der Waals surface area contributed by atoms with E-state index >= 15 is 0 Å². The Labute approximate surface area is 115 Å². The van der Waals surface area contributed by atoms with Gasteiger partial charge in [-0.05, 0) is 24.3 Å². The first kappa shape index (κ1) is 15.5. The van der Waals surface area contributed by atoms with Crippen LogP contribution in [0.3, 0.4) is 0 Å². The number of ether oxygens (including phenoxy) is 1. The maximum atomic E-state index is 11.1. The molecule has 2 N–H and O–H groups in total. The molecule has 1 aromatic rings. The summed E-state index contributed by atoms with van der Waals surface area (Å²) in [6, 6.07) is 5.23. The number of aryl methyl sites for hydroxylation is 1. The minimum atomic E-state index is -1.59. The van der Waals surface area contributed by atoms with Gasteiger partial charge in [-0.3, -0.25) is 4.79 Å². The smallest absolute Gasteiger partial charge is 0.337 e. The number of hydrogen-bond donors (Lipinski definition) is 2.